The van der Waals surface area contributed by atoms with Gasteiger partial charge in [0, 0.05) is 11.8 Å². The van der Waals surface area contributed by atoms with Crippen LogP contribution in [-0.2, 0) is 18.9 Å². The molecule has 1 amide bonds. The minimum atomic E-state index is -1.06. The molecular weight excluding hydrogens is 464 g/mol. The van der Waals surface area contributed by atoms with Gasteiger partial charge in [-0.05, 0) is 86.4 Å². The number of hydrogen-bond acceptors (Lipinski definition) is 8. The number of hydrogen-bond donors (Lipinski definition) is 1. The fraction of sp³-hybridized carbons (Fsp3) is 0.481. The number of pyridine rings is 1. The molecule has 0 unspecified atom stereocenters. The Bertz CT molecular complexity index is 1020. The van der Waals surface area contributed by atoms with E-state index in [0.29, 0.717) is 5.69 Å². The Kier molecular flexibility index (Phi) is 10.5. The summed E-state index contributed by atoms with van der Waals surface area (Å²) in [6, 6.07) is 9.90. The van der Waals surface area contributed by atoms with E-state index in [1.807, 2.05) is 58.0 Å². The molecular formula is C27H38N2O7. The van der Waals surface area contributed by atoms with E-state index in [2.05, 4.69) is 15.0 Å². The van der Waals surface area contributed by atoms with Crippen LogP contribution in [0.4, 0.5) is 20.1 Å². The molecule has 2 rings (SSSR count). The summed E-state index contributed by atoms with van der Waals surface area (Å²) in [6.07, 6.45) is 0.743. The SMILES string of the molecule is CC(C)(C)OC(=O)OC(=O)OC(C)(C)C.Cc1ccccc1-c1ccncc1NC(=O)OC(C)(C)C. The van der Waals surface area contributed by atoms with E-state index < -0.39 is 35.2 Å². The summed E-state index contributed by atoms with van der Waals surface area (Å²) < 4.78 is 19.1. The molecule has 1 heterocycles. The van der Waals surface area contributed by atoms with Gasteiger partial charge in [-0.25, -0.2) is 14.4 Å². The van der Waals surface area contributed by atoms with Crippen molar-refractivity contribution in [2.45, 2.75) is 86.0 Å². The number of aromatic nitrogens is 1. The highest BCUT2D eigenvalue weighted by atomic mass is 16.8. The lowest BCUT2D eigenvalue weighted by Gasteiger charge is -2.20. The Hall–Kier alpha value is -3.62. The van der Waals surface area contributed by atoms with Crippen LogP contribution in [0.25, 0.3) is 11.1 Å². The molecule has 0 radical (unpaired) electrons. The molecule has 9 nitrogen and oxygen atoms in total. The number of amides is 1. The van der Waals surface area contributed by atoms with Gasteiger partial charge in [0.05, 0.1) is 11.9 Å². The number of rotatable bonds is 2. The third-order valence-electron chi connectivity index (χ3n) is 3.84. The Balaban J connectivity index is 0.000000384. The van der Waals surface area contributed by atoms with E-state index in [-0.39, 0.29) is 0 Å². The fourth-order valence-electron chi connectivity index (χ4n) is 2.63. The van der Waals surface area contributed by atoms with Gasteiger partial charge in [0.1, 0.15) is 16.8 Å². The molecule has 1 aromatic heterocycles. The molecule has 2 aromatic rings. The highest BCUT2D eigenvalue weighted by Gasteiger charge is 2.24. The number of carbonyl (C=O) groups is 3. The Labute approximate surface area is 213 Å². The highest BCUT2D eigenvalue weighted by molar-refractivity contribution is 5.91. The molecule has 198 valence electrons. The quantitative estimate of drug-likeness (QED) is 0.259. The third kappa shape index (κ3) is 12.7. The molecule has 0 fully saturated rings. The lowest BCUT2D eigenvalue weighted by molar-refractivity contribution is -0.0294. The summed E-state index contributed by atoms with van der Waals surface area (Å²) in [5.41, 5.74) is 1.84. The first kappa shape index (κ1) is 30.4. The molecule has 0 spiro atoms. The third-order valence-corrected chi connectivity index (χ3v) is 3.84. The van der Waals surface area contributed by atoms with Crippen LogP contribution in [0.2, 0.25) is 0 Å². The van der Waals surface area contributed by atoms with E-state index in [1.165, 1.54) is 0 Å². The van der Waals surface area contributed by atoms with Crippen LogP contribution >= 0.6 is 0 Å². The first-order valence-electron chi connectivity index (χ1n) is 11.5. The number of benzene rings is 1. The summed E-state index contributed by atoms with van der Waals surface area (Å²) in [6.45, 7) is 17.5. The fourth-order valence-corrected chi connectivity index (χ4v) is 2.63. The van der Waals surface area contributed by atoms with E-state index in [1.54, 1.807) is 53.9 Å². The summed E-state index contributed by atoms with van der Waals surface area (Å²) >= 11 is 0. The predicted molar refractivity (Wildman–Crippen MR) is 138 cm³/mol. The standard InChI is InChI=1S/C17H20N2O2.C10H18O5/c1-12-7-5-6-8-13(12)14-9-10-18-11-15(14)19-16(20)21-17(2,3)4;1-9(2,3)14-7(11)13-8(12)15-10(4,5)6/h5-11H,1-4H3,(H,19,20);1-6H3. The van der Waals surface area contributed by atoms with Crippen molar-refractivity contribution in [1.82, 2.24) is 4.98 Å². The average molecular weight is 503 g/mol. The van der Waals surface area contributed by atoms with Crippen LogP contribution < -0.4 is 5.32 Å². The molecule has 1 N–H and O–H groups in total. The Morgan fingerprint density at radius 2 is 1.22 bits per heavy atom. The zero-order valence-electron chi connectivity index (χ0n) is 22.8. The number of ether oxygens (including phenoxy) is 4. The van der Waals surface area contributed by atoms with Crippen molar-refractivity contribution in [2.24, 2.45) is 0 Å². The molecule has 0 bridgehead atoms. The largest absolute Gasteiger partial charge is 0.519 e. The minimum absolute atomic E-state index is 0.481. The lowest BCUT2D eigenvalue weighted by Crippen LogP contribution is -2.29. The maximum atomic E-state index is 11.9. The van der Waals surface area contributed by atoms with Crippen molar-refractivity contribution in [3.8, 4) is 11.1 Å². The van der Waals surface area contributed by atoms with Crippen molar-refractivity contribution in [3.63, 3.8) is 0 Å². The number of nitrogens with one attached hydrogen (secondary N) is 1. The maximum Gasteiger partial charge on any atom is 0.519 e. The van der Waals surface area contributed by atoms with Crippen LogP contribution in [0.3, 0.4) is 0 Å². The van der Waals surface area contributed by atoms with Gasteiger partial charge in [-0.15, -0.1) is 0 Å². The van der Waals surface area contributed by atoms with Gasteiger partial charge < -0.3 is 18.9 Å². The van der Waals surface area contributed by atoms with Gasteiger partial charge in [-0.3, -0.25) is 10.3 Å². The molecule has 1 aromatic carbocycles. The van der Waals surface area contributed by atoms with Crippen molar-refractivity contribution in [3.05, 3.63) is 48.3 Å². The van der Waals surface area contributed by atoms with Crippen molar-refractivity contribution in [2.75, 3.05) is 5.32 Å². The van der Waals surface area contributed by atoms with Gasteiger partial charge in [0.15, 0.2) is 0 Å². The summed E-state index contributed by atoms with van der Waals surface area (Å²) in [7, 11) is 0. The van der Waals surface area contributed by atoms with Gasteiger partial charge in [0.2, 0.25) is 0 Å². The number of anilines is 1. The molecule has 0 saturated heterocycles. The normalized spacial score (nSPS) is 11.4. The number of nitrogens with zero attached hydrogens (tertiary/aromatic N) is 1. The van der Waals surface area contributed by atoms with E-state index >= 15 is 0 Å². The van der Waals surface area contributed by atoms with Crippen LogP contribution in [0.5, 0.6) is 0 Å². The van der Waals surface area contributed by atoms with E-state index in [9.17, 15) is 14.4 Å². The molecule has 0 aliphatic carbocycles. The smallest absolute Gasteiger partial charge is 0.444 e. The highest BCUT2D eigenvalue weighted by Crippen LogP contribution is 2.29. The Morgan fingerprint density at radius 1 is 0.722 bits per heavy atom. The predicted octanol–water partition coefficient (Wildman–Crippen LogP) is 7.28. The number of carbonyl (C=O) groups excluding carboxylic acids is 3. The first-order chi connectivity index (χ1) is 16.4. The molecule has 36 heavy (non-hydrogen) atoms. The summed E-state index contributed by atoms with van der Waals surface area (Å²) in [5, 5.41) is 2.77. The van der Waals surface area contributed by atoms with E-state index in [4.69, 9.17) is 14.2 Å². The van der Waals surface area contributed by atoms with Crippen molar-refractivity contribution >= 4 is 24.1 Å². The van der Waals surface area contributed by atoms with Crippen LogP contribution in [-0.4, -0.2) is 40.2 Å². The van der Waals surface area contributed by atoms with Crippen molar-refractivity contribution < 1.29 is 33.3 Å². The first-order valence-corrected chi connectivity index (χ1v) is 11.5. The molecule has 0 saturated carbocycles. The average Bonchev–Trinajstić information content (AvgIpc) is 2.65. The summed E-state index contributed by atoms with van der Waals surface area (Å²) in [4.78, 5) is 38.0. The van der Waals surface area contributed by atoms with Gasteiger partial charge in [0.25, 0.3) is 0 Å². The maximum absolute atomic E-state index is 11.9. The van der Waals surface area contributed by atoms with Crippen molar-refractivity contribution in [1.29, 1.82) is 0 Å². The number of aryl methyl sites for hydroxylation is 1. The van der Waals surface area contributed by atoms with Crippen LogP contribution in [0, 0.1) is 6.92 Å². The van der Waals surface area contributed by atoms with E-state index in [0.717, 1.165) is 16.7 Å². The minimum Gasteiger partial charge on any atom is -0.444 e. The zero-order chi connectivity index (χ0) is 27.7. The summed E-state index contributed by atoms with van der Waals surface area (Å²) in [5.74, 6) is 0. The topological polar surface area (TPSA) is 113 Å². The molecule has 9 heteroatoms. The van der Waals surface area contributed by atoms with Gasteiger partial charge >= 0.3 is 18.4 Å². The second kappa shape index (κ2) is 12.4. The Morgan fingerprint density at radius 3 is 1.69 bits per heavy atom. The lowest BCUT2D eigenvalue weighted by atomic mass is 10.0. The second-order valence-corrected chi connectivity index (χ2v) is 10.9. The molecule has 0 aliphatic rings. The van der Waals surface area contributed by atoms with Crippen LogP contribution in [0.1, 0.15) is 67.9 Å². The van der Waals surface area contributed by atoms with Gasteiger partial charge in [-0.2, -0.15) is 0 Å². The monoisotopic (exact) mass is 502 g/mol. The second-order valence-electron chi connectivity index (χ2n) is 10.9. The van der Waals surface area contributed by atoms with Crippen LogP contribution in [0.15, 0.2) is 42.7 Å². The molecule has 0 atom stereocenters. The zero-order valence-corrected chi connectivity index (χ0v) is 22.8. The van der Waals surface area contributed by atoms with Gasteiger partial charge in [-0.1, -0.05) is 24.3 Å². The molecule has 0 aliphatic heterocycles.